The van der Waals surface area contributed by atoms with E-state index in [2.05, 4.69) is 29.3 Å². The number of carbonyl (C=O) groups excluding carboxylic acids is 1. The van der Waals surface area contributed by atoms with Gasteiger partial charge in [0.15, 0.2) is 0 Å². The first kappa shape index (κ1) is 14.2. The second-order valence-electron chi connectivity index (χ2n) is 6.31. The summed E-state index contributed by atoms with van der Waals surface area (Å²) in [5.74, 6) is 1.96. The summed E-state index contributed by atoms with van der Waals surface area (Å²) < 4.78 is 5.29. The smallest absolute Gasteiger partial charge is 0.223 e. The molecule has 1 heterocycles. The lowest BCUT2D eigenvalue weighted by molar-refractivity contribution is -0.123. The van der Waals surface area contributed by atoms with Crippen molar-refractivity contribution >= 4 is 11.6 Å². The molecule has 1 saturated heterocycles. The van der Waals surface area contributed by atoms with Gasteiger partial charge in [-0.2, -0.15) is 0 Å². The molecular weight excluding hydrogens is 264 g/mol. The first-order valence-electron chi connectivity index (χ1n) is 7.86. The van der Waals surface area contributed by atoms with Crippen LogP contribution in [0.1, 0.15) is 26.2 Å². The molecule has 0 bridgehead atoms. The molecule has 3 rings (SSSR count). The maximum atomic E-state index is 12.1. The monoisotopic (exact) mass is 288 g/mol. The van der Waals surface area contributed by atoms with Gasteiger partial charge in [0.1, 0.15) is 5.75 Å². The largest absolute Gasteiger partial charge is 0.497 e. The minimum atomic E-state index is 0.250. The van der Waals surface area contributed by atoms with Gasteiger partial charge in [0.2, 0.25) is 5.91 Å². The van der Waals surface area contributed by atoms with Crippen LogP contribution >= 0.6 is 0 Å². The predicted octanol–water partition coefficient (Wildman–Crippen LogP) is 2.44. The molecule has 2 fully saturated rings. The molecule has 0 radical (unpaired) electrons. The van der Waals surface area contributed by atoms with Crippen molar-refractivity contribution in [3.8, 4) is 5.75 Å². The third kappa shape index (κ3) is 3.31. The van der Waals surface area contributed by atoms with Crippen LogP contribution in [0.5, 0.6) is 5.75 Å². The zero-order valence-electron chi connectivity index (χ0n) is 12.8. The maximum absolute atomic E-state index is 12.1. The van der Waals surface area contributed by atoms with Crippen LogP contribution in [0.4, 0.5) is 5.69 Å². The lowest BCUT2D eigenvalue weighted by Crippen LogP contribution is -2.48. The molecule has 1 aromatic rings. The predicted molar refractivity (Wildman–Crippen MR) is 83.6 cm³/mol. The van der Waals surface area contributed by atoms with Gasteiger partial charge in [-0.3, -0.25) is 4.79 Å². The first-order valence-corrected chi connectivity index (χ1v) is 7.86. The highest BCUT2D eigenvalue weighted by Gasteiger charge is 2.40. The fourth-order valence-electron chi connectivity index (χ4n) is 3.13. The van der Waals surface area contributed by atoms with Gasteiger partial charge in [0.25, 0.3) is 0 Å². The summed E-state index contributed by atoms with van der Waals surface area (Å²) in [5.41, 5.74) is 1.17. The number of benzene rings is 1. The number of hydrogen-bond donors (Lipinski definition) is 1. The fourth-order valence-corrected chi connectivity index (χ4v) is 3.13. The van der Waals surface area contributed by atoms with Crippen LogP contribution in [0, 0.1) is 11.8 Å². The molecule has 4 heteroatoms. The van der Waals surface area contributed by atoms with E-state index in [-0.39, 0.29) is 17.9 Å². The summed E-state index contributed by atoms with van der Waals surface area (Å²) in [6.45, 7) is 4.08. The van der Waals surface area contributed by atoms with E-state index >= 15 is 0 Å². The summed E-state index contributed by atoms with van der Waals surface area (Å²) in [5, 5.41) is 3.23. The molecule has 2 aliphatic rings. The van der Waals surface area contributed by atoms with Crippen molar-refractivity contribution in [2.75, 3.05) is 25.1 Å². The number of methoxy groups -OCH3 is 1. The second-order valence-corrected chi connectivity index (χ2v) is 6.31. The molecule has 1 aromatic carbocycles. The minimum Gasteiger partial charge on any atom is -0.497 e. The van der Waals surface area contributed by atoms with E-state index in [1.807, 2.05) is 12.1 Å². The normalized spacial score (nSPS) is 28.1. The van der Waals surface area contributed by atoms with E-state index in [9.17, 15) is 4.79 Å². The highest BCUT2D eigenvalue weighted by atomic mass is 16.5. The van der Waals surface area contributed by atoms with Gasteiger partial charge in [0, 0.05) is 36.8 Å². The van der Waals surface area contributed by atoms with Crippen molar-refractivity contribution in [2.24, 2.45) is 11.8 Å². The Balaban J connectivity index is 1.61. The Kier molecular flexibility index (Phi) is 4.04. The molecule has 3 atom stereocenters. The van der Waals surface area contributed by atoms with E-state index in [1.165, 1.54) is 5.69 Å². The number of anilines is 1. The van der Waals surface area contributed by atoms with Crippen molar-refractivity contribution in [3.63, 3.8) is 0 Å². The number of piperidine rings is 1. The Labute approximate surface area is 126 Å². The summed E-state index contributed by atoms with van der Waals surface area (Å²) in [4.78, 5) is 14.4. The standard InChI is InChI=1S/C17H24N2O2/c1-12-9-16(12)17(20)18-13-5-4-8-19(11-13)14-6-3-7-15(10-14)21-2/h3,6-7,10,12-13,16H,4-5,8-9,11H2,1-2H3,(H,18,20)/t12-,13-,16+/m0/s1. The summed E-state index contributed by atoms with van der Waals surface area (Å²) in [7, 11) is 1.69. The number of carbonyl (C=O) groups is 1. The molecule has 1 N–H and O–H groups in total. The zero-order valence-corrected chi connectivity index (χ0v) is 12.8. The lowest BCUT2D eigenvalue weighted by atomic mass is 10.0. The van der Waals surface area contributed by atoms with Crippen molar-refractivity contribution in [1.29, 1.82) is 0 Å². The molecule has 0 unspecified atom stereocenters. The van der Waals surface area contributed by atoms with Crippen LogP contribution in [-0.2, 0) is 4.79 Å². The number of nitrogens with one attached hydrogen (secondary N) is 1. The highest BCUT2D eigenvalue weighted by Crippen LogP contribution is 2.38. The number of ether oxygens (including phenoxy) is 1. The van der Waals surface area contributed by atoms with Crippen LogP contribution < -0.4 is 15.0 Å². The van der Waals surface area contributed by atoms with E-state index in [0.29, 0.717) is 5.92 Å². The lowest BCUT2D eigenvalue weighted by Gasteiger charge is -2.35. The SMILES string of the molecule is COc1cccc(N2CCC[C@H](NC(=O)[C@@H]3C[C@@H]3C)C2)c1. The molecule has 1 aliphatic carbocycles. The molecule has 0 aromatic heterocycles. The van der Waals surface area contributed by atoms with Gasteiger partial charge < -0.3 is 15.0 Å². The highest BCUT2D eigenvalue weighted by molar-refractivity contribution is 5.81. The Hall–Kier alpha value is -1.71. The van der Waals surface area contributed by atoms with Crippen LogP contribution in [-0.4, -0.2) is 32.1 Å². The first-order chi connectivity index (χ1) is 10.2. The molecule has 1 saturated carbocycles. The summed E-state index contributed by atoms with van der Waals surface area (Å²) >= 11 is 0. The molecule has 114 valence electrons. The maximum Gasteiger partial charge on any atom is 0.223 e. The Bertz CT molecular complexity index is 517. The number of rotatable bonds is 4. The average molecular weight is 288 g/mol. The molecule has 1 aliphatic heterocycles. The summed E-state index contributed by atoms with van der Waals surface area (Å²) in [6.07, 6.45) is 3.24. The van der Waals surface area contributed by atoms with Crippen molar-refractivity contribution < 1.29 is 9.53 Å². The minimum absolute atomic E-state index is 0.250. The van der Waals surface area contributed by atoms with E-state index in [1.54, 1.807) is 7.11 Å². The van der Waals surface area contributed by atoms with Gasteiger partial charge >= 0.3 is 0 Å². The third-order valence-electron chi connectivity index (χ3n) is 4.63. The van der Waals surface area contributed by atoms with Crippen molar-refractivity contribution in [2.45, 2.75) is 32.2 Å². The van der Waals surface area contributed by atoms with Gasteiger partial charge in [-0.1, -0.05) is 13.0 Å². The van der Waals surface area contributed by atoms with Crippen LogP contribution in [0.25, 0.3) is 0 Å². The Morgan fingerprint density at radius 3 is 2.95 bits per heavy atom. The number of nitrogens with zero attached hydrogens (tertiary/aromatic N) is 1. The van der Waals surface area contributed by atoms with Crippen LogP contribution in [0.15, 0.2) is 24.3 Å². The van der Waals surface area contributed by atoms with Crippen LogP contribution in [0.3, 0.4) is 0 Å². The van der Waals surface area contributed by atoms with Crippen molar-refractivity contribution in [3.05, 3.63) is 24.3 Å². The Morgan fingerprint density at radius 2 is 2.24 bits per heavy atom. The fraction of sp³-hybridized carbons (Fsp3) is 0.588. The van der Waals surface area contributed by atoms with Gasteiger partial charge in [-0.15, -0.1) is 0 Å². The van der Waals surface area contributed by atoms with E-state index in [0.717, 1.165) is 38.1 Å². The van der Waals surface area contributed by atoms with Gasteiger partial charge in [-0.05, 0) is 37.3 Å². The molecular formula is C17H24N2O2. The molecule has 21 heavy (non-hydrogen) atoms. The Morgan fingerprint density at radius 1 is 1.43 bits per heavy atom. The second kappa shape index (κ2) is 5.96. The van der Waals surface area contributed by atoms with E-state index < -0.39 is 0 Å². The van der Waals surface area contributed by atoms with Crippen molar-refractivity contribution in [1.82, 2.24) is 5.32 Å². The van der Waals surface area contributed by atoms with Gasteiger partial charge in [0.05, 0.1) is 7.11 Å². The molecule has 0 spiro atoms. The van der Waals surface area contributed by atoms with Gasteiger partial charge in [-0.25, -0.2) is 0 Å². The summed E-state index contributed by atoms with van der Waals surface area (Å²) in [6, 6.07) is 8.41. The van der Waals surface area contributed by atoms with Crippen LogP contribution in [0.2, 0.25) is 0 Å². The number of amides is 1. The third-order valence-corrected chi connectivity index (χ3v) is 4.63. The quantitative estimate of drug-likeness (QED) is 0.925. The zero-order chi connectivity index (χ0) is 14.8. The molecule has 1 amide bonds. The average Bonchev–Trinajstić information content (AvgIpc) is 3.25. The topological polar surface area (TPSA) is 41.6 Å². The van der Waals surface area contributed by atoms with E-state index in [4.69, 9.17) is 4.74 Å². The number of hydrogen-bond acceptors (Lipinski definition) is 3. The molecule has 4 nitrogen and oxygen atoms in total.